The Hall–Kier alpha value is -2.56. The number of hydrogen-bond donors (Lipinski definition) is 2. The fourth-order valence-electron chi connectivity index (χ4n) is 2.52. The van der Waals surface area contributed by atoms with Gasteiger partial charge in [-0.25, -0.2) is 18.6 Å². The Bertz CT molecular complexity index is 983. The molecule has 2 aromatic rings. The Morgan fingerprint density at radius 3 is 2.59 bits per heavy atom. The summed E-state index contributed by atoms with van der Waals surface area (Å²) in [5, 5.41) is 13.3. The summed E-state index contributed by atoms with van der Waals surface area (Å²) in [5.74, 6) is -0.516. The average molecular weight is 406 g/mol. The molecule has 2 amide bonds. The Balaban J connectivity index is 1.64. The van der Waals surface area contributed by atoms with Crippen molar-refractivity contribution in [3.05, 3.63) is 52.9 Å². The fourth-order valence-corrected chi connectivity index (χ4v) is 4.24. The number of primary sulfonamides is 1. The number of carbonyl (C=O) groups is 2. The van der Waals surface area contributed by atoms with Crippen molar-refractivity contribution in [3.63, 3.8) is 0 Å². The van der Waals surface area contributed by atoms with Gasteiger partial charge in [0.25, 0.3) is 5.91 Å². The molecule has 0 aliphatic carbocycles. The molecule has 3 N–H and O–H groups in total. The molecule has 1 aromatic heterocycles. The molecule has 2 heterocycles. The predicted octanol–water partition coefficient (Wildman–Crippen LogP) is 1.19. The highest BCUT2D eigenvalue weighted by Gasteiger charge is 2.24. The van der Waals surface area contributed by atoms with Gasteiger partial charge in [-0.05, 0) is 17.7 Å². The Labute approximate surface area is 160 Å². The molecule has 0 bridgehead atoms. The lowest BCUT2D eigenvalue weighted by molar-refractivity contribution is -0.132. The maximum Gasteiger partial charge on any atom is 0.267 e. The number of sulfonamides is 1. The molecule has 0 atom stereocenters. The first kappa shape index (κ1) is 19.2. The van der Waals surface area contributed by atoms with Gasteiger partial charge in [-0.2, -0.15) is 5.10 Å². The quantitative estimate of drug-likeness (QED) is 0.748. The van der Waals surface area contributed by atoms with Gasteiger partial charge in [0.1, 0.15) is 9.92 Å². The molecule has 3 rings (SSSR count). The largest absolute Gasteiger partial charge is 0.346 e. The summed E-state index contributed by atoms with van der Waals surface area (Å²) in [6.45, 7) is 0.462. The number of thiophene rings is 1. The normalized spacial score (nSPS) is 14.8. The molecule has 0 radical (unpaired) electrons. The van der Waals surface area contributed by atoms with Crippen LogP contribution in [0.15, 0.2) is 51.8 Å². The van der Waals surface area contributed by atoms with Gasteiger partial charge < -0.3 is 5.32 Å². The van der Waals surface area contributed by atoms with E-state index in [9.17, 15) is 18.0 Å². The van der Waals surface area contributed by atoms with Crippen molar-refractivity contribution in [3.8, 4) is 0 Å². The van der Waals surface area contributed by atoms with Crippen LogP contribution in [0.3, 0.4) is 0 Å². The Kier molecular flexibility index (Phi) is 5.68. The van der Waals surface area contributed by atoms with Crippen LogP contribution in [0, 0.1) is 0 Å². The van der Waals surface area contributed by atoms with Gasteiger partial charge in [-0.3, -0.25) is 9.59 Å². The van der Waals surface area contributed by atoms with Crippen LogP contribution in [0.25, 0.3) is 0 Å². The zero-order valence-electron chi connectivity index (χ0n) is 14.3. The summed E-state index contributed by atoms with van der Waals surface area (Å²) in [6, 6.07) is 12.4. The van der Waals surface area contributed by atoms with Crippen LogP contribution >= 0.6 is 11.3 Å². The molecule has 10 heteroatoms. The van der Waals surface area contributed by atoms with E-state index in [2.05, 4.69) is 10.4 Å². The molecule has 1 aliphatic rings. The zero-order chi connectivity index (χ0) is 19.4. The van der Waals surface area contributed by atoms with E-state index in [1.54, 1.807) is 6.07 Å². The molecule has 142 valence electrons. The number of nitrogens with two attached hydrogens (primary N) is 1. The van der Waals surface area contributed by atoms with Gasteiger partial charge in [0, 0.05) is 17.7 Å². The lowest BCUT2D eigenvalue weighted by Crippen LogP contribution is -2.38. The van der Waals surface area contributed by atoms with Crippen LogP contribution in [0.5, 0.6) is 0 Å². The predicted molar refractivity (Wildman–Crippen MR) is 101 cm³/mol. The van der Waals surface area contributed by atoms with Gasteiger partial charge in [0.15, 0.2) is 0 Å². The van der Waals surface area contributed by atoms with Gasteiger partial charge in [0.2, 0.25) is 15.9 Å². The van der Waals surface area contributed by atoms with E-state index in [0.29, 0.717) is 11.4 Å². The second kappa shape index (κ2) is 7.99. The van der Waals surface area contributed by atoms with E-state index >= 15 is 0 Å². The highest BCUT2D eigenvalue weighted by atomic mass is 32.2. The van der Waals surface area contributed by atoms with Crippen molar-refractivity contribution in [2.24, 2.45) is 10.2 Å². The van der Waals surface area contributed by atoms with Crippen molar-refractivity contribution in [1.29, 1.82) is 0 Å². The number of amides is 2. The van der Waals surface area contributed by atoms with Crippen molar-refractivity contribution in [1.82, 2.24) is 10.3 Å². The van der Waals surface area contributed by atoms with Gasteiger partial charge in [0.05, 0.1) is 13.1 Å². The van der Waals surface area contributed by atoms with Crippen molar-refractivity contribution < 1.29 is 18.0 Å². The average Bonchev–Trinajstić information content (AvgIpc) is 3.12. The molecule has 0 saturated carbocycles. The molecule has 8 nitrogen and oxygen atoms in total. The third-order valence-electron chi connectivity index (χ3n) is 3.88. The second-order valence-corrected chi connectivity index (χ2v) is 8.89. The maximum atomic E-state index is 12.4. The second-order valence-electron chi connectivity index (χ2n) is 5.93. The summed E-state index contributed by atoms with van der Waals surface area (Å²) in [7, 11) is -3.75. The van der Waals surface area contributed by atoms with E-state index in [1.807, 2.05) is 30.3 Å². The van der Waals surface area contributed by atoms with E-state index < -0.39 is 10.0 Å². The lowest BCUT2D eigenvalue weighted by atomic mass is 10.1. The molecule has 0 saturated heterocycles. The minimum atomic E-state index is -3.75. The van der Waals surface area contributed by atoms with Crippen LogP contribution in [-0.2, 0) is 32.7 Å². The van der Waals surface area contributed by atoms with Gasteiger partial charge in [-0.1, -0.05) is 30.3 Å². The number of nitrogens with zero attached hydrogens (tertiary/aromatic N) is 2. The van der Waals surface area contributed by atoms with E-state index in [1.165, 1.54) is 11.1 Å². The molecule has 1 aromatic carbocycles. The molecule has 1 aliphatic heterocycles. The number of nitrogens with one attached hydrogen (secondary N) is 1. The highest BCUT2D eigenvalue weighted by Crippen LogP contribution is 2.20. The topological polar surface area (TPSA) is 122 Å². The minimum absolute atomic E-state index is 0.0430. The first-order valence-corrected chi connectivity index (χ1v) is 10.5. The minimum Gasteiger partial charge on any atom is -0.346 e. The molecule has 0 unspecified atom stereocenters. The summed E-state index contributed by atoms with van der Waals surface area (Å²) >= 11 is 0.999. The van der Waals surface area contributed by atoms with Crippen LogP contribution in [0.4, 0.5) is 0 Å². The summed E-state index contributed by atoms with van der Waals surface area (Å²) in [6.07, 6.45) is 0.483. The van der Waals surface area contributed by atoms with Crippen LogP contribution in [-0.4, -0.2) is 31.0 Å². The third kappa shape index (κ3) is 5.00. The molecule has 0 fully saturated rings. The first-order valence-electron chi connectivity index (χ1n) is 8.14. The molecule has 0 spiro atoms. The van der Waals surface area contributed by atoms with E-state index in [0.717, 1.165) is 16.9 Å². The number of hydrazone groups is 1. The van der Waals surface area contributed by atoms with Gasteiger partial charge >= 0.3 is 0 Å². The zero-order valence-corrected chi connectivity index (χ0v) is 15.9. The van der Waals surface area contributed by atoms with Crippen LogP contribution < -0.4 is 10.5 Å². The standard InChI is InChI=1S/C17H18N4O4S2/c18-27(24,25)16-9-6-13(26-16)10-19-17(23)14-7-8-15(22)21(20-14)11-12-4-2-1-3-5-12/h1-6,9H,7-8,10-11H2,(H,19,23)(H2,18,24,25). The number of carbonyl (C=O) groups excluding carboxylic acids is 2. The third-order valence-corrected chi connectivity index (χ3v) is 6.41. The van der Waals surface area contributed by atoms with Crippen molar-refractivity contribution in [2.75, 3.05) is 0 Å². The highest BCUT2D eigenvalue weighted by molar-refractivity contribution is 7.91. The molecule has 27 heavy (non-hydrogen) atoms. The van der Waals surface area contributed by atoms with E-state index in [4.69, 9.17) is 5.14 Å². The maximum absolute atomic E-state index is 12.4. The molecular formula is C17H18N4O4S2. The van der Waals surface area contributed by atoms with Crippen LogP contribution in [0.1, 0.15) is 23.3 Å². The Morgan fingerprint density at radius 1 is 1.19 bits per heavy atom. The Morgan fingerprint density at radius 2 is 1.93 bits per heavy atom. The molecular weight excluding hydrogens is 388 g/mol. The number of rotatable bonds is 6. The van der Waals surface area contributed by atoms with E-state index in [-0.39, 0.29) is 41.1 Å². The summed E-state index contributed by atoms with van der Waals surface area (Å²) < 4.78 is 22.6. The fraction of sp³-hybridized carbons (Fsp3) is 0.235. The monoisotopic (exact) mass is 406 g/mol. The van der Waals surface area contributed by atoms with Crippen molar-refractivity contribution in [2.45, 2.75) is 30.1 Å². The smallest absolute Gasteiger partial charge is 0.267 e. The number of hydrogen-bond acceptors (Lipinski definition) is 6. The van der Waals surface area contributed by atoms with Gasteiger partial charge in [-0.15, -0.1) is 11.3 Å². The first-order chi connectivity index (χ1) is 12.8. The number of benzene rings is 1. The lowest BCUT2D eigenvalue weighted by Gasteiger charge is -2.23. The van der Waals surface area contributed by atoms with Crippen LogP contribution in [0.2, 0.25) is 0 Å². The SMILES string of the molecule is NS(=O)(=O)c1ccc(CNC(=O)C2=NN(Cc3ccccc3)C(=O)CC2)s1. The summed E-state index contributed by atoms with van der Waals surface area (Å²) in [4.78, 5) is 25.1. The summed E-state index contributed by atoms with van der Waals surface area (Å²) in [5.41, 5.74) is 1.19. The van der Waals surface area contributed by atoms with Crippen molar-refractivity contribution >= 4 is 38.9 Å².